The Kier molecular flexibility index (Phi) is 2.84. The van der Waals surface area contributed by atoms with Crippen LogP contribution in [0.1, 0.15) is 20.3 Å². The van der Waals surface area contributed by atoms with Gasteiger partial charge in [0.15, 0.2) is 0 Å². The predicted molar refractivity (Wildman–Crippen MR) is 44.2 cm³/mol. The summed E-state index contributed by atoms with van der Waals surface area (Å²) in [4.78, 5) is 2.13. The second-order valence-corrected chi connectivity index (χ2v) is 3.56. The van der Waals surface area contributed by atoms with Crippen molar-refractivity contribution in [3.8, 4) is 0 Å². The first kappa shape index (κ1) is 8.94. The van der Waals surface area contributed by atoms with Gasteiger partial charge in [-0.05, 0) is 20.3 Å². The van der Waals surface area contributed by atoms with Crippen molar-refractivity contribution in [3.05, 3.63) is 0 Å². The molecule has 0 spiro atoms. The first-order valence-electron chi connectivity index (χ1n) is 4.25. The second kappa shape index (κ2) is 3.50. The summed E-state index contributed by atoms with van der Waals surface area (Å²) in [6.07, 6.45) is -0.0366. The zero-order valence-electron chi connectivity index (χ0n) is 7.26. The molecule has 0 aromatic rings. The van der Waals surface area contributed by atoms with E-state index >= 15 is 0 Å². The van der Waals surface area contributed by atoms with Crippen LogP contribution in [0.4, 0.5) is 4.39 Å². The van der Waals surface area contributed by atoms with Crippen LogP contribution in [-0.2, 0) is 0 Å². The lowest BCUT2D eigenvalue weighted by atomic mass is 10.0. The van der Waals surface area contributed by atoms with E-state index in [-0.39, 0.29) is 6.04 Å². The number of halogens is 1. The van der Waals surface area contributed by atoms with Gasteiger partial charge >= 0.3 is 0 Å². The Hall–Kier alpha value is -0.150. The van der Waals surface area contributed by atoms with E-state index in [9.17, 15) is 4.39 Å². The van der Waals surface area contributed by atoms with Gasteiger partial charge in [-0.1, -0.05) is 0 Å². The number of nitrogens with two attached hydrogens (primary N) is 1. The molecule has 3 heteroatoms. The van der Waals surface area contributed by atoms with E-state index in [0.717, 1.165) is 13.0 Å². The zero-order chi connectivity index (χ0) is 8.43. The maximum absolute atomic E-state index is 13.0. The molecule has 1 aliphatic heterocycles. The smallest absolute Gasteiger partial charge is 0.128 e. The summed E-state index contributed by atoms with van der Waals surface area (Å²) in [6, 6.07) is 0.214. The van der Waals surface area contributed by atoms with Crippen LogP contribution in [-0.4, -0.2) is 36.2 Å². The summed E-state index contributed by atoms with van der Waals surface area (Å²) < 4.78 is 13.0. The molecule has 0 bridgehead atoms. The summed E-state index contributed by atoms with van der Waals surface area (Å²) in [6.45, 7) is 5.63. The highest BCUT2D eigenvalue weighted by Crippen LogP contribution is 2.14. The minimum Gasteiger partial charge on any atom is -0.325 e. The van der Waals surface area contributed by atoms with E-state index in [2.05, 4.69) is 18.7 Å². The minimum absolute atomic E-state index is 0.231. The first-order chi connectivity index (χ1) is 5.11. The third-order valence-corrected chi connectivity index (χ3v) is 2.35. The number of alkyl halides is 1. The Labute approximate surface area is 67.6 Å². The average Bonchev–Trinajstić information content (AvgIpc) is 1.94. The molecule has 1 fully saturated rings. The lowest BCUT2D eigenvalue weighted by Gasteiger charge is -2.35. The third-order valence-electron chi connectivity index (χ3n) is 2.35. The first-order valence-corrected chi connectivity index (χ1v) is 4.25. The van der Waals surface area contributed by atoms with Crippen molar-refractivity contribution < 1.29 is 4.39 Å². The summed E-state index contributed by atoms with van der Waals surface area (Å²) in [5, 5.41) is 0. The van der Waals surface area contributed by atoms with Crippen LogP contribution in [0.25, 0.3) is 0 Å². The fourth-order valence-corrected chi connectivity index (χ4v) is 1.42. The van der Waals surface area contributed by atoms with E-state index in [1.807, 2.05) is 0 Å². The highest BCUT2D eigenvalue weighted by molar-refractivity contribution is 4.83. The molecule has 0 unspecified atom stereocenters. The highest BCUT2D eigenvalue weighted by Gasteiger charge is 2.27. The van der Waals surface area contributed by atoms with Crippen LogP contribution in [0.15, 0.2) is 0 Å². The minimum atomic E-state index is -0.828. The van der Waals surface area contributed by atoms with Gasteiger partial charge in [0.2, 0.25) is 0 Å². The highest BCUT2D eigenvalue weighted by atomic mass is 19.1. The van der Waals surface area contributed by atoms with Crippen molar-refractivity contribution in [2.45, 2.75) is 38.5 Å². The largest absolute Gasteiger partial charge is 0.325 e. The van der Waals surface area contributed by atoms with Gasteiger partial charge < -0.3 is 5.73 Å². The molecule has 1 rings (SSSR count). The van der Waals surface area contributed by atoms with Gasteiger partial charge in [-0.3, -0.25) is 4.90 Å². The van der Waals surface area contributed by atoms with E-state index in [0.29, 0.717) is 12.6 Å². The molecule has 2 N–H and O–H groups in total. The van der Waals surface area contributed by atoms with Crippen LogP contribution in [0.5, 0.6) is 0 Å². The second-order valence-electron chi connectivity index (χ2n) is 3.56. The predicted octanol–water partition coefficient (Wildman–Crippen LogP) is 0.766. The van der Waals surface area contributed by atoms with Crippen LogP contribution < -0.4 is 5.73 Å². The molecule has 1 aliphatic rings. The normalized spacial score (nSPS) is 34.6. The molecule has 1 heterocycles. The monoisotopic (exact) mass is 160 g/mol. The Bertz CT molecular complexity index is 127. The summed E-state index contributed by atoms with van der Waals surface area (Å²) in [5.41, 5.74) is 5.54. The van der Waals surface area contributed by atoms with Gasteiger partial charge in [-0.25, -0.2) is 4.39 Å². The van der Waals surface area contributed by atoms with Crippen LogP contribution in [0, 0.1) is 0 Å². The molecule has 0 aromatic heterocycles. The molecular weight excluding hydrogens is 143 g/mol. The number of hydrogen-bond donors (Lipinski definition) is 1. The average molecular weight is 160 g/mol. The molecule has 0 aromatic carbocycles. The van der Waals surface area contributed by atoms with E-state index in [1.54, 1.807) is 0 Å². The van der Waals surface area contributed by atoms with Crippen molar-refractivity contribution in [1.29, 1.82) is 0 Å². The number of rotatable bonds is 1. The van der Waals surface area contributed by atoms with Crippen molar-refractivity contribution in [2.24, 2.45) is 5.73 Å². The van der Waals surface area contributed by atoms with Gasteiger partial charge in [-0.2, -0.15) is 0 Å². The van der Waals surface area contributed by atoms with E-state index in [4.69, 9.17) is 5.73 Å². The Morgan fingerprint density at radius 2 is 2.18 bits per heavy atom. The molecule has 66 valence electrons. The number of likely N-dealkylation sites (tertiary alicyclic amines) is 1. The molecule has 2 atom stereocenters. The fourth-order valence-electron chi connectivity index (χ4n) is 1.42. The molecule has 11 heavy (non-hydrogen) atoms. The topological polar surface area (TPSA) is 29.3 Å². The van der Waals surface area contributed by atoms with Crippen molar-refractivity contribution in [3.63, 3.8) is 0 Å². The zero-order valence-corrected chi connectivity index (χ0v) is 7.26. The maximum atomic E-state index is 13.0. The quantitative estimate of drug-likeness (QED) is 0.614. The molecule has 2 nitrogen and oxygen atoms in total. The SMILES string of the molecule is CC(C)N1CC[C@H](N)[C@@H](F)C1. The lowest BCUT2D eigenvalue weighted by Crippen LogP contribution is -2.50. The molecule has 1 saturated heterocycles. The number of piperidine rings is 1. The van der Waals surface area contributed by atoms with Gasteiger partial charge in [0.25, 0.3) is 0 Å². The third kappa shape index (κ3) is 2.14. The van der Waals surface area contributed by atoms with Gasteiger partial charge in [0.05, 0.1) is 0 Å². The summed E-state index contributed by atoms with van der Waals surface area (Å²) in [5.74, 6) is 0. The Morgan fingerprint density at radius 1 is 1.55 bits per heavy atom. The van der Waals surface area contributed by atoms with Gasteiger partial charge in [0, 0.05) is 25.2 Å². The van der Waals surface area contributed by atoms with Crippen molar-refractivity contribution >= 4 is 0 Å². The fraction of sp³-hybridized carbons (Fsp3) is 1.00. The van der Waals surface area contributed by atoms with Crippen molar-refractivity contribution in [1.82, 2.24) is 4.90 Å². The summed E-state index contributed by atoms with van der Waals surface area (Å²) in [7, 11) is 0. The maximum Gasteiger partial charge on any atom is 0.128 e. The number of hydrogen-bond acceptors (Lipinski definition) is 2. The molecular formula is C8H17FN2. The molecule has 0 radical (unpaired) electrons. The molecule has 0 saturated carbocycles. The Balaban J connectivity index is 2.40. The molecule has 0 aliphatic carbocycles. The van der Waals surface area contributed by atoms with Crippen LogP contribution in [0.3, 0.4) is 0 Å². The standard InChI is InChI=1S/C8H17FN2/c1-6(2)11-4-3-8(10)7(9)5-11/h6-8H,3-5,10H2,1-2H3/t7-,8-/m0/s1. The Morgan fingerprint density at radius 3 is 2.64 bits per heavy atom. The van der Waals surface area contributed by atoms with Gasteiger partial charge in [-0.15, -0.1) is 0 Å². The lowest BCUT2D eigenvalue weighted by molar-refractivity contribution is 0.0959. The van der Waals surface area contributed by atoms with Crippen LogP contribution in [0.2, 0.25) is 0 Å². The van der Waals surface area contributed by atoms with E-state index < -0.39 is 6.17 Å². The van der Waals surface area contributed by atoms with Crippen molar-refractivity contribution in [2.75, 3.05) is 13.1 Å². The molecule has 0 amide bonds. The van der Waals surface area contributed by atoms with Gasteiger partial charge in [0.1, 0.15) is 6.17 Å². The van der Waals surface area contributed by atoms with Crippen LogP contribution >= 0.6 is 0 Å². The number of nitrogens with zero attached hydrogens (tertiary/aromatic N) is 1. The summed E-state index contributed by atoms with van der Waals surface area (Å²) >= 11 is 0. The van der Waals surface area contributed by atoms with E-state index in [1.165, 1.54) is 0 Å².